The number of halogens is 1. The van der Waals surface area contributed by atoms with Gasteiger partial charge in [-0.1, -0.05) is 13.0 Å². The van der Waals surface area contributed by atoms with Crippen molar-refractivity contribution in [3.05, 3.63) is 22.2 Å². The van der Waals surface area contributed by atoms with Gasteiger partial charge in [-0.15, -0.1) is 0 Å². The Labute approximate surface area is 97.7 Å². The summed E-state index contributed by atoms with van der Waals surface area (Å²) in [5.74, 6) is 2.08. The normalized spacial score (nSPS) is 15.4. The summed E-state index contributed by atoms with van der Waals surface area (Å²) >= 11 is 3.44. The van der Waals surface area contributed by atoms with Crippen LogP contribution in [0.2, 0.25) is 0 Å². The van der Waals surface area contributed by atoms with Crippen LogP contribution in [0.25, 0.3) is 0 Å². The molecule has 1 atom stereocenters. The van der Waals surface area contributed by atoms with Gasteiger partial charge >= 0.3 is 0 Å². The van der Waals surface area contributed by atoms with Gasteiger partial charge in [0, 0.05) is 5.56 Å². The van der Waals surface area contributed by atoms with Gasteiger partial charge in [0.2, 0.25) is 6.79 Å². The fourth-order valence-electron chi connectivity index (χ4n) is 1.78. The molecule has 82 valence electrons. The van der Waals surface area contributed by atoms with E-state index in [-0.39, 0.29) is 0 Å². The topological polar surface area (TPSA) is 44.5 Å². The highest BCUT2D eigenvalue weighted by Crippen LogP contribution is 2.44. The van der Waals surface area contributed by atoms with Gasteiger partial charge in [0.05, 0.1) is 4.47 Å². The summed E-state index contributed by atoms with van der Waals surface area (Å²) in [5, 5.41) is 0. The lowest BCUT2D eigenvalue weighted by Gasteiger charge is -2.13. The Morgan fingerprint density at radius 3 is 2.87 bits per heavy atom. The van der Waals surface area contributed by atoms with Crippen LogP contribution in [0.4, 0.5) is 0 Å². The van der Waals surface area contributed by atoms with E-state index in [0.29, 0.717) is 19.3 Å². The van der Waals surface area contributed by atoms with Crippen LogP contribution in [0.5, 0.6) is 11.5 Å². The highest BCUT2D eigenvalue weighted by molar-refractivity contribution is 9.10. The summed E-state index contributed by atoms with van der Waals surface area (Å²) in [5.41, 5.74) is 6.74. The molecule has 0 bridgehead atoms. The minimum atomic E-state index is 0.306. The highest BCUT2D eigenvalue weighted by atomic mass is 79.9. The summed E-state index contributed by atoms with van der Waals surface area (Å²) in [6.45, 7) is 3.14. The van der Waals surface area contributed by atoms with Crippen LogP contribution in [-0.4, -0.2) is 13.3 Å². The fourth-order valence-corrected chi connectivity index (χ4v) is 2.20. The van der Waals surface area contributed by atoms with Crippen LogP contribution in [0.3, 0.4) is 0 Å². The molecular weight excluding hydrogens is 258 g/mol. The molecule has 0 fully saturated rings. The first-order valence-electron chi connectivity index (χ1n) is 5.02. The fraction of sp³-hybridized carbons (Fsp3) is 0.455. The molecule has 15 heavy (non-hydrogen) atoms. The molecule has 2 N–H and O–H groups in total. The van der Waals surface area contributed by atoms with Gasteiger partial charge in [0.25, 0.3) is 0 Å². The Hall–Kier alpha value is -0.740. The van der Waals surface area contributed by atoms with Crippen molar-refractivity contribution in [3.8, 4) is 11.5 Å². The molecule has 0 spiro atoms. The molecule has 0 aromatic heterocycles. The number of ether oxygens (including phenoxy) is 2. The maximum Gasteiger partial charge on any atom is 0.231 e. The summed E-state index contributed by atoms with van der Waals surface area (Å²) in [6.07, 6.45) is 0.956. The van der Waals surface area contributed by atoms with Gasteiger partial charge in [-0.2, -0.15) is 0 Å². The van der Waals surface area contributed by atoms with Crippen molar-refractivity contribution in [2.75, 3.05) is 13.3 Å². The Morgan fingerprint density at radius 1 is 1.40 bits per heavy atom. The standard InChI is InChI=1S/C11H14BrNO2/c1-7(4-5-13)8-2-3-9(12)11-10(8)14-6-15-11/h2-3,7H,4-6,13H2,1H3. The lowest BCUT2D eigenvalue weighted by atomic mass is 9.96. The second kappa shape index (κ2) is 4.41. The zero-order valence-corrected chi connectivity index (χ0v) is 10.2. The molecule has 1 unspecified atom stereocenters. The van der Waals surface area contributed by atoms with Crippen LogP contribution in [-0.2, 0) is 0 Å². The number of nitrogens with two attached hydrogens (primary N) is 1. The summed E-state index contributed by atoms with van der Waals surface area (Å²) in [7, 11) is 0. The monoisotopic (exact) mass is 271 g/mol. The van der Waals surface area contributed by atoms with E-state index in [1.807, 2.05) is 6.07 Å². The zero-order valence-electron chi connectivity index (χ0n) is 8.63. The molecule has 1 aromatic rings. The highest BCUT2D eigenvalue weighted by Gasteiger charge is 2.23. The van der Waals surface area contributed by atoms with Crippen molar-refractivity contribution in [1.29, 1.82) is 0 Å². The molecule has 1 heterocycles. The molecule has 0 saturated carbocycles. The SMILES string of the molecule is CC(CCN)c1ccc(Br)c2c1OCO2. The third kappa shape index (κ3) is 1.96. The number of fused-ring (bicyclic) bond motifs is 1. The van der Waals surface area contributed by atoms with E-state index in [4.69, 9.17) is 15.2 Å². The van der Waals surface area contributed by atoms with Gasteiger partial charge in [0.15, 0.2) is 11.5 Å². The summed E-state index contributed by atoms with van der Waals surface area (Å²) < 4.78 is 11.8. The quantitative estimate of drug-likeness (QED) is 0.919. The van der Waals surface area contributed by atoms with Gasteiger partial charge in [0.1, 0.15) is 0 Å². The van der Waals surface area contributed by atoms with E-state index in [0.717, 1.165) is 22.4 Å². The number of hydrogen-bond acceptors (Lipinski definition) is 3. The number of rotatable bonds is 3. The zero-order chi connectivity index (χ0) is 10.8. The van der Waals surface area contributed by atoms with Crippen LogP contribution in [0.15, 0.2) is 16.6 Å². The van der Waals surface area contributed by atoms with Crippen LogP contribution in [0, 0.1) is 0 Å². The molecule has 0 aliphatic carbocycles. The van der Waals surface area contributed by atoms with Crippen molar-refractivity contribution in [2.24, 2.45) is 5.73 Å². The Morgan fingerprint density at radius 2 is 2.13 bits per heavy atom. The first-order chi connectivity index (χ1) is 7.24. The Kier molecular flexibility index (Phi) is 3.17. The summed E-state index contributed by atoms with van der Waals surface area (Å²) in [4.78, 5) is 0. The van der Waals surface area contributed by atoms with Gasteiger partial charge in [-0.25, -0.2) is 0 Å². The lowest BCUT2D eigenvalue weighted by Crippen LogP contribution is -2.05. The minimum absolute atomic E-state index is 0.306. The second-order valence-electron chi connectivity index (χ2n) is 3.68. The predicted octanol–water partition coefficient (Wildman–Crippen LogP) is 2.63. The molecule has 0 amide bonds. The van der Waals surface area contributed by atoms with Gasteiger partial charge in [-0.3, -0.25) is 0 Å². The van der Waals surface area contributed by atoms with E-state index in [1.54, 1.807) is 0 Å². The maximum atomic E-state index is 5.56. The molecule has 1 aromatic carbocycles. The van der Waals surface area contributed by atoms with Crippen LogP contribution in [0.1, 0.15) is 24.8 Å². The Bertz CT molecular complexity index is 368. The molecule has 0 saturated heterocycles. The molecule has 1 aliphatic heterocycles. The molecule has 4 heteroatoms. The van der Waals surface area contributed by atoms with Crippen LogP contribution >= 0.6 is 15.9 Å². The van der Waals surface area contributed by atoms with E-state index >= 15 is 0 Å². The third-order valence-electron chi connectivity index (χ3n) is 2.63. The summed E-state index contributed by atoms with van der Waals surface area (Å²) in [6, 6.07) is 4.06. The van der Waals surface area contributed by atoms with Crippen molar-refractivity contribution in [1.82, 2.24) is 0 Å². The van der Waals surface area contributed by atoms with E-state index < -0.39 is 0 Å². The van der Waals surface area contributed by atoms with E-state index in [1.165, 1.54) is 5.56 Å². The van der Waals surface area contributed by atoms with Crippen molar-refractivity contribution in [3.63, 3.8) is 0 Å². The molecular formula is C11H14BrNO2. The molecule has 0 radical (unpaired) electrons. The minimum Gasteiger partial charge on any atom is -0.453 e. The average molecular weight is 272 g/mol. The third-order valence-corrected chi connectivity index (χ3v) is 3.26. The van der Waals surface area contributed by atoms with E-state index in [2.05, 4.69) is 28.9 Å². The first kappa shape index (κ1) is 10.8. The van der Waals surface area contributed by atoms with E-state index in [9.17, 15) is 0 Å². The van der Waals surface area contributed by atoms with Crippen molar-refractivity contribution < 1.29 is 9.47 Å². The molecule has 1 aliphatic rings. The van der Waals surface area contributed by atoms with Gasteiger partial charge in [-0.05, 0) is 40.9 Å². The Balaban J connectivity index is 2.37. The van der Waals surface area contributed by atoms with Crippen LogP contribution < -0.4 is 15.2 Å². The predicted molar refractivity (Wildman–Crippen MR) is 62.4 cm³/mol. The number of benzene rings is 1. The molecule has 2 rings (SSSR count). The first-order valence-corrected chi connectivity index (χ1v) is 5.81. The van der Waals surface area contributed by atoms with Crippen molar-refractivity contribution in [2.45, 2.75) is 19.3 Å². The van der Waals surface area contributed by atoms with Crippen molar-refractivity contribution >= 4 is 15.9 Å². The number of hydrogen-bond donors (Lipinski definition) is 1. The molecule has 3 nitrogen and oxygen atoms in total. The average Bonchev–Trinajstić information content (AvgIpc) is 2.68. The maximum absolute atomic E-state index is 5.56. The smallest absolute Gasteiger partial charge is 0.231 e. The second-order valence-corrected chi connectivity index (χ2v) is 4.53. The lowest BCUT2D eigenvalue weighted by molar-refractivity contribution is 0.172. The largest absolute Gasteiger partial charge is 0.453 e. The van der Waals surface area contributed by atoms with Gasteiger partial charge < -0.3 is 15.2 Å².